The second kappa shape index (κ2) is 24.7. The molecule has 0 saturated carbocycles. The van der Waals surface area contributed by atoms with Crippen LogP contribution in [0.2, 0.25) is 0 Å². The number of imidazole rings is 2. The summed E-state index contributed by atoms with van der Waals surface area (Å²) >= 11 is 0. The summed E-state index contributed by atoms with van der Waals surface area (Å²) in [6.45, 7) is 14.1. The van der Waals surface area contributed by atoms with Crippen molar-refractivity contribution in [1.29, 1.82) is 0 Å². The van der Waals surface area contributed by atoms with Gasteiger partial charge >= 0.3 is 0 Å². The number of allylic oxidation sites excluding steroid dienone is 5. The van der Waals surface area contributed by atoms with Crippen molar-refractivity contribution in [1.82, 2.24) is 29.4 Å². The van der Waals surface area contributed by atoms with Crippen LogP contribution in [0.5, 0.6) is 11.5 Å². The van der Waals surface area contributed by atoms with E-state index in [1.807, 2.05) is 49.7 Å². The van der Waals surface area contributed by atoms with E-state index in [0.29, 0.717) is 84.7 Å². The maximum absolute atomic E-state index is 13.4. The van der Waals surface area contributed by atoms with E-state index in [9.17, 15) is 14.4 Å². The molecule has 1 saturated heterocycles. The number of carbonyl (C=O) groups excluding carboxylic acids is 3. The third kappa shape index (κ3) is 13.9. The molecule has 20 nitrogen and oxygen atoms in total. The molecule has 0 atom stereocenters. The SMILES string of the molecule is CCN=C(/C=C(/C)N)C(=O)Nc1nc2cc(C(N)=O)cc(OC)c2n1C/C=C/Cn1c(NC)nc2cc(CNN)cc(OCCCN3CCOCC3)c21.CCN=C(C=O)/C=C(/C)N. The number of hydrazine groups is 1. The van der Waals surface area contributed by atoms with Gasteiger partial charge in [-0.2, -0.15) is 0 Å². The molecule has 1 fully saturated rings. The van der Waals surface area contributed by atoms with Crippen molar-refractivity contribution >= 4 is 63.5 Å². The molecule has 0 aliphatic carbocycles. The first-order chi connectivity index (χ1) is 30.4. The number of nitrogens with zero attached hydrogens (tertiary/aromatic N) is 7. The lowest BCUT2D eigenvalue weighted by Crippen LogP contribution is -2.37. The van der Waals surface area contributed by atoms with Crippen molar-refractivity contribution in [2.24, 2.45) is 33.0 Å². The smallest absolute Gasteiger partial charge is 0.276 e. The number of hydrogen-bond acceptors (Lipinski definition) is 16. The van der Waals surface area contributed by atoms with Crippen LogP contribution in [0, 0.1) is 0 Å². The highest BCUT2D eigenvalue weighted by molar-refractivity contribution is 6.47. The number of aromatic nitrogens is 4. The lowest BCUT2D eigenvalue weighted by atomic mass is 10.1. The van der Waals surface area contributed by atoms with E-state index in [2.05, 4.69) is 35.9 Å². The van der Waals surface area contributed by atoms with Crippen molar-refractivity contribution in [2.75, 3.05) is 77.3 Å². The monoisotopic (exact) mass is 870 g/mol. The average Bonchev–Trinajstić information content (AvgIpc) is 3.80. The van der Waals surface area contributed by atoms with Crippen molar-refractivity contribution in [2.45, 2.75) is 53.8 Å². The maximum atomic E-state index is 13.4. The Morgan fingerprint density at radius 3 is 2.11 bits per heavy atom. The van der Waals surface area contributed by atoms with Crippen LogP contribution in [-0.2, 0) is 34.0 Å². The Hall–Kier alpha value is -6.61. The van der Waals surface area contributed by atoms with Gasteiger partial charge in [-0.05, 0) is 76.1 Å². The van der Waals surface area contributed by atoms with Crippen LogP contribution in [-0.4, -0.2) is 120 Å². The van der Waals surface area contributed by atoms with Gasteiger partial charge in [-0.1, -0.05) is 12.2 Å². The topological polar surface area (TPSA) is 283 Å². The fourth-order valence-electron chi connectivity index (χ4n) is 6.71. The Morgan fingerprint density at radius 1 is 0.889 bits per heavy atom. The molecule has 340 valence electrons. The highest BCUT2D eigenvalue weighted by Crippen LogP contribution is 2.32. The quantitative estimate of drug-likeness (QED) is 0.0158. The second-order valence-corrected chi connectivity index (χ2v) is 14.3. The molecule has 4 aromatic rings. The zero-order valence-corrected chi connectivity index (χ0v) is 37.1. The fourth-order valence-corrected chi connectivity index (χ4v) is 6.71. The number of nitrogens with two attached hydrogens (primary N) is 4. The number of amides is 2. The molecule has 20 heteroatoms. The lowest BCUT2D eigenvalue weighted by molar-refractivity contribution is -0.110. The minimum Gasteiger partial charge on any atom is -0.494 e. The number of ether oxygens (including phenoxy) is 3. The van der Waals surface area contributed by atoms with Crippen molar-refractivity contribution in [3.05, 3.63) is 71.1 Å². The number of morpholine rings is 1. The van der Waals surface area contributed by atoms with Gasteiger partial charge in [0.15, 0.2) is 6.29 Å². The number of aliphatic imine (C=N–C) groups is 2. The number of aldehydes is 1. The highest BCUT2D eigenvalue weighted by Gasteiger charge is 2.21. The first-order valence-corrected chi connectivity index (χ1v) is 20.7. The number of methoxy groups -OCH3 is 1. The molecule has 63 heavy (non-hydrogen) atoms. The van der Waals surface area contributed by atoms with Crippen LogP contribution in [0.1, 0.15) is 50.0 Å². The third-order valence-corrected chi connectivity index (χ3v) is 9.42. The van der Waals surface area contributed by atoms with Gasteiger partial charge in [0.25, 0.3) is 5.91 Å². The number of anilines is 2. The number of nitrogens with one attached hydrogen (secondary N) is 3. The summed E-state index contributed by atoms with van der Waals surface area (Å²) in [4.78, 5) is 55.8. The summed E-state index contributed by atoms with van der Waals surface area (Å²) in [6, 6.07) is 7.10. The number of carbonyl (C=O) groups is 3. The fraction of sp³-hybridized carbons (Fsp3) is 0.419. The predicted molar refractivity (Wildman–Crippen MR) is 248 cm³/mol. The van der Waals surface area contributed by atoms with Gasteiger partial charge in [0, 0.05) is 76.4 Å². The zero-order chi connectivity index (χ0) is 45.9. The van der Waals surface area contributed by atoms with E-state index in [0.717, 1.165) is 55.9 Å². The molecular formula is C43H62N14O6. The van der Waals surface area contributed by atoms with Crippen LogP contribution in [0.25, 0.3) is 22.1 Å². The number of benzene rings is 2. The Bertz CT molecular complexity index is 2350. The molecule has 0 bridgehead atoms. The molecule has 2 amide bonds. The molecule has 0 radical (unpaired) electrons. The summed E-state index contributed by atoms with van der Waals surface area (Å²) in [6.07, 6.45) is 8.56. The summed E-state index contributed by atoms with van der Waals surface area (Å²) in [5, 5.41) is 6.08. The molecule has 1 aliphatic rings. The number of fused-ring (bicyclic) bond motifs is 2. The van der Waals surface area contributed by atoms with Crippen molar-refractivity contribution in [3.8, 4) is 11.5 Å². The molecule has 3 heterocycles. The van der Waals surface area contributed by atoms with Gasteiger partial charge in [0.05, 0.1) is 43.7 Å². The second-order valence-electron chi connectivity index (χ2n) is 14.3. The molecule has 1 aliphatic heterocycles. The summed E-state index contributed by atoms with van der Waals surface area (Å²) in [5.74, 6) is 6.52. The average molecular weight is 871 g/mol. The van der Waals surface area contributed by atoms with Crippen molar-refractivity contribution < 1.29 is 28.6 Å². The molecule has 2 aromatic heterocycles. The standard InChI is InChI=1S/C36H50N12O5.C7H12N2O/c1-5-41-28(17-23(2)37)34(50)45-36-44-27-20-25(33(38)49)21-29(51-4)31(27)48(36)11-7-6-10-47-32-26(43-35(47)40-3)18-24(22-42-39)19-30(32)53-14-8-9-46-12-15-52-16-13-46;1-3-9-7(5-10)4-6(2)8/h6-7,17-21,42H,5,8-16,22,37,39H2,1-4H3,(H2,38,49)(H,40,43)(H,44,45,50);4-5H,3,8H2,1-2H3/b7-6+,23-17-,41-28?;6-4-,9-7?. The Kier molecular flexibility index (Phi) is 19.3. The predicted octanol–water partition coefficient (Wildman–Crippen LogP) is 2.63. The Morgan fingerprint density at radius 2 is 1.52 bits per heavy atom. The van der Waals surface area contributed by atoms with Crippen LogP contribution in [0.3, 0.4) is 0 Å². The maximum Gasteiger partial charge on any atom is 0.276 e. The molecule has 0 unspecified atom stereocenters. The van der Waals surface area contributed by atoms with Crippen LogP contribution in [0.4, 0.5) is 11.9 Å². The molecule has 5 rings (SSSR count). The first-order valence-electron chi connectivity index (χ1n) is 20.7. The van der Waals surface area contributed by atoms with E-state index in [-0.39, 0.29) is 23.8 Å². The highest BCUT2D eigenvalue weighted by atomic mass is 16.5. The van der Waals surface area contributed by atoms with Gasteiger partial charge < -0.3 is 45.9 Å². The Labute approximate surface area is 367 Å². The van der Waals surface area contributed by atoms with E-state index >= 15 is 0 Å². The Balaban J connectivity index is 0.000000775. The van der Waals surface area contributed by atoms with Crippen LogP contribution < -0.4 is 48.6 Å². The third-order valence-electron chi connectivity index (χ3n) is 9.42. The summed E-state index contributed by atoms with van der Waals surface area (Å²) in [7, 11) is 3.32. The van der Waals surface area contributed by atoms with Gasteiger partial charge in [-0.3, -0.25) is 45.9 Å². The zero-order valence-electron chi connectivity index (χ0n) is 37.1. The molecule has 0 spiro atoms. The molecule has 2 aromatic carbocycles. The summed E-state index contributed by atoms with van der Waals surface area (Å²) in [5.41, 5.74) is 24.9. The minimum absolute atomic E-state index is 0.155. The minimum atomic E-state index is -0.633. The van der Waals surface area contributed by atoms with Gasteiger partial charge in [0.1, 0.15) is 28.2 Å². The lowest BCUT2D eigenvalue weighted by Gasteiger charge is -2.26. The van der Waals surface area contributed by atoms with Crippen LogP contribution >= 0.6 is 0 Å². The number of rotatable bonds is 21. The van der Waals surface area contributed by atoms with Crippen molar-refractivity contribution in [3.63, 3.8) is 0 Å². The number of hydrogen-bond donors (Lipinski definition) is 7. The summed E-state index contributed by atoms with van der Waals surface area (Å²) < 4.78 is 21.4. The normalized spacial score (nSPS) is 14.2. The van der Waals surface area contributed by atoms with E-state index < -0.39 is 11.8 Å². The molecular weight excluding hydrogens is 809 g/mol. The first kappa shape index (κ1) is 49.0. The van der Waals surface area contributed by atoms with E-state index in [4.69, 9.17) is 42.2 Å². The number of primary amides is 1. The molecule has 11 N–H and O–H groups in total. The van der Waals surface area contributed by atoms with Gasteiger partial charge in [-0.25, -0.2) is 9.97 Å². The van der Waals surface area contributed by atoms with Gasteiger partial charge in [-0.15, -0.1) is 0 Å². The van der Waals surface area contributed by atoms with E-state index in [1.54, 1.807) is 36.6 Å². The van der Waals surface area contributed by atoms with E-state index in [1.165, 1.54) is 13.2 Å². The van der Waals surface area contributed by atoms with Crippen LogP contribution in [0.15, 0.2) is 69.9 Å². The van der Waals surface area contributed by atoms with Gasteiger partial charge in [0.2, 0.25) is 17.8 Å². The largest absolute Gasteiger partial charge is 0.494 e.